The van der Waals surface area contributed by atoms with Crippen LogP contribution in [0.2, 0.25) is 0 Å². The molecule has 0 bridgehead atoms. The molecule has 1 N–H and O–H groups in total. The van der Waals surface area contributed by atoms with Crippen LogP contribution in [-0.4, -0.2) is 59.0 Å². The quantitative estimate of drug-likeness (QED) is 0.876. The molecule has 1 aliphatic rings. The van der Waals surface area contributed by atoms with Gasteiger partial charge in [0.05, 0.1) is 24.0 Å². The monoisotopic (exact) mass is 280 g/mol. The zero-order valence-electron chi connectivity index (χ0n) is 12.7. The van der Waals surface area contributed by atoms with E-state index in [9.17, 15) is 4.79 Å². The Balaban J connectivity index is 1.78. The highest BCUT2D eigenvalue weighted by atomic mass is 16.5. The van der Waals surface area contributed by atoms with Gasteiger partial charge in [-0.2, -0.15) is 5.10 Å². The first-order valence-corrected chi connectivity index (χ1v) is 7.12. The summed E-state index contributed by atoms with van der Waals surface area (Å²) in [4.78, 5) is 14.4. The maximum Gasteiger partial charge on any atom is 0.254 e. The number of rotatable bonds is 4. The number of nitrogens with zero attached hydrogens (tertiary/aromatic N) is 3. The molecular weight excluding hydrogens is 256 g/mol. The van der Waals surface area contributed by atoms with Crippen molar-refractivity contribution >= 4 is 5.91 Å². The van der Waals surface area contributed by atoms with Crippen molar-refractivity contribution in [3.8, 4) is 0 Å². The number of aromatic nitrogens is 2. The molecule has 1 amide bonds. The number of morpholine rings is 1. The van der Waals surface area contributed by atoms with Gasteiger partial charge in [-0.3, -0.25) is 14.4 Å². The summed E-state index contributed by atoms with van der Waals surface area (Å²) in [6.45, 7) is 9.40. The molecule has 0 saturated carbocycles. The van der Waals surface area contributed by atoms with Gasteiger partial charge in [0, 0.05) is 38.9 Å². The normalized spacial score (nSPS) is 23.8. The second-order valence-electron chi connectivity index (χ2n) is 5.54. The molecule has 1 aromatic rings. The maximum absolute atomic E-state index is 12.0. The molecule has 1 aromatic heterocycles. The molecule has 1 saturated heterocycles. The fraction of sp³-hybridized carbons (Fsp3) is 0.714. The molecule has 0 unspecified atom stereocenters. The molecule has 112 valence electrons. The largest absolute Gasteiger partial charge is 0.373 e. The summed E-state index contributed by atoms with van der Waals surface area (Å²) in [6.07, 6.45) is 2.13. The minimum Gasteiger partial charge on any atom is -0.373 e. The number of carbonyl (C=O) groups excluding carboxylic acids is 1. The Bertz CT molecular complexity index is 462. The van der Waals surface area contributed by atoms with Crippen molar-refractivity contribution in [2.24, 2.45) is 7.05 Å². The minimum absolute atomic E-state index is 0.0510. The van der Waals surface area contributed by atoms with Crippen LogP contribution < -0.4 is 5.32 Å². The third-order valence-electron chi connectivity index (χ3n) is 3.69. The van der Waals surface area contributed by atoms with E-state index in [1.165, 1.54) is 0 Å². The van der Waals surface area contributed by atoms with Gasteiger partial charge >= 0.3 is 0 Å². The van der Waals surface area contributed by atoms with Crippen LogP contribution in [0.15, 0.2) is 6.20 Å². The zero-order valence-corrected chi connectivity index (χ0v) is 12.7. The van der Waals surface area contributed by atoms with E-state index >= 15 is 0 Å². The molecule has 0 radical (unpaired) electrons. The molecule has 6 nitrogen and oxygen atoms in total. The molecule has 1 aliphatic heterocycles. The SMILES string of the molecule is Cc1c(C(=O)NCCN2C[C@H](C)O[C@@H](C)C2)cnn1C. The van der Waals surface area contributed by atoms with E-state index < -0.39 is 0 Å². The maximum atomic E-state index is 12.0. The predicted octanol–water partition coefficient (Wildman–Crippen LogP) is 0.568. The van der Waals surface area contributed by atoms with E-state index in [0.29, 0.717) is 12.1 Å². The Morgan fingerprint density at radius 3 is 2.65 bits per heavy atom. The summed E-state index contributed by atoms with van der Waals surface area (Å²) in [7, 11) is 1.84. The topological polar surface area (TPSA) is 59.4 Å². The van der Waals surface area contributed by atoms with Gasteiger partial charge in [-0.15, -0.1) is 0 Å². The van der Waals surface area contributed by atoms with Gasteiger partial charge < -0.3 is 10.1 Å². The van der Waals surface area contributed by atoms with Crippen molar-refractivity contribution in [3.05, 3.63) is 17.5 Å². The molecule has 0 aliphatic carbocycles. The lowest BCUT2D eigenvalue weighted by atomic mass is 10.2. The molecule has 6 heteroatoms. The first kappa shape index (κ1) is 15.0. The summed E-state index contributed by atoms with van der Waals surface area (Å²) >= 11 is 0. The highest BCUT2D eigenvalue weighted by molar-refractivity contribution is 5.94. The van der Waals surface area contributed by atoms with E-state index in [0.717, 1.165) is 25.3 Å². The summed E-state index contributed by atoms with van der Waals surface area (Å²) < 4.78 is 7.40. The Hall–Kier alpha value is -1.40. The fourth-order valence-electron chi connectivity index (χ4n) is 2.61. The van der Waals surface area contributed by atoms with Gasteiger partial charge in [0.25, 0.3) is 5.91 Å². The van der Waals surface area contributed by atoms with Gasteiger partial charge in [-0.05, 0) is 20.8 Å². The van der Waals surface area contributed by atoms with Crippen LogP contribution in [-0.2, 0) is 11.8 Å². The molecule has 20 heavy (non-hydrogen) atoms. The van der Waals surface area contributed by atoms with E-state index in [1.807, 2.05) is 14.0 Å². The van der Waals surface area contributed by atoms with E-state index in [-0.39, 0.29) is 18.1 Å². The zero-order chi connectivity index (χ0) is 14.7. The highest BCUT2D eigenvalue weighted by Crippen LogP contribution is 2.10. The van der Waals surface area contributed by atoms with Crippen molar-refractivity contribution in [1.29, 1.82) is 0 Å². The van der Waals surface area contributed by atoms with Crippen molar-refractivity contribution in [3.63, 3.8) is 0 Å². The first-order chi connectivity index (χ1) is 9.47. The second kappa shape index (κ2) is 6.37. The lowest BCUT2D eigenvalue weighted by Gasteiger charge is -2.35. The van der Waals surface area contributed by atoms with Gasteiger partial charge in [0.2, 0.25) is 0 Å². The number of aryl methyl sites for hydroxylation is 1. The number of hydrogen-bond donors (Lipinski definition) is 1. The van der Waals surface area contributed by atoms with Crippen molar-refractivity contribution in [2.45, 2.75) is 33.0 Å². The van der Waals surface area contributed by atoms with E-state index in [1.54, 1.807) is 10.9 Å². The van der Waals surface area contributed by atoms with Crippen molar-refractivity contribution in [2.75, 3.05) is 26.2 Å². The molecule has 0 spiro atoms. The van der Waals surface area contributed by atoms with Crippen LogP contribution in [0.25, 0.3) is 0 Å². The smallest absolute Gasteiger partial charge is 0.254 e. The van der Waals surface area contributed by atoms with Crippen LogP contribution in [0.4, 0.5) is 0 Å². The third-order valence-corrected chi connectivity index (χ3v) is 3.69. The highest BCUT2D eigenvalue weighted by Gasteiger charge is 2.21. The Morgan fingerprint density at radius 1 is 1.45 bits per heavy atom. The fourth-order valence-corrected chi connectivity index (χ4v) is 2.61. The van der Waals surface area contributed by atoms with Gasteiger partial charge in [0.15, 0.2) is 0 Å². The number of amides is 1. The minimum atomic E-state index is -0.0510. The van der Waals surface area contributed by atoms with Crippen LogP contribution in [0.1, 0.15) is 29.9 Å². The van der Waals surface area contributed by atoms with E-state index in [2.05, 4.69) is 29.2 Å². The Morgan fingerprint density at radius 2 is 2.10 bits per heavy atom. The predicted molar refractivity (Wildman–Crippen MR) is 76.7 cm³/mol. The van der Waals surface area contributed by atoms with Gasteiger partial charge in [-0.25, -0.2) is 0 Å². The molecular formula is C14H24N4O2. The number of nitrogens with one attached hydrogen (secondary N) is 1. The molecule has 1 fully saturated rings. The summed E-state index contributed by atoms with van der Waals surface area (Å²) in [5.41, 5.74) is 1.53. The molecule has 2 rings (SSSR count). The first-order valence-electron chi connectivity index (χ1n) is 7.12. The lowest BCUT2D eigenvalue weighted by Crippen LogP contribution is -2.47. The van der Waals surface area contributed by atoms with Crippen LogP contribution in [0, 0.1) is 6.92 Å². The number of hydrogen-bond acceptors (Lipinski definition) is 4. The van der Waals surface area contributed by atoms with Crippen LogP contribution >= 0.6 is 0 Å². The molecule has 2 heterocycles. The van der Waals surface area contributed by atoms with Gasteiger partial charge in [-0.1, -0.05) is 0 Å². The number of carbonyl (C=O) groups is 1. The molecule has 0 aromatic carbocycles. The van der Waals surface area contributed by atoms with Crippen molar-refractivity contribution in [1.82, 2.24) is 20.0 Å². The number of ether oxygens (including phenoxy) is 1. The second-order valence-corrected chi connectivity index (χ2v) is 5.54. The van der Waals surface area contributed by atoms with Crippen LogP contribution in [0.5, 0.6) is 0 Å². The van der Waals surface area contributed by atoms with E-state index in [4.69, 9.17) is 4.74 Å². The average Bonchev–Trinajstić information content (AvgIpc) is 2.69. The van der Waals surface area contributed by atoms with Gasteiger partial charge in [0.1, 0.15) is 0 Å². The standard InChI is InChI=1S/C14H24N4O2/c1-10-8-18(9-11(2)20-10)6-5-15-14(19)13-7-16-17(4)12(13)3/h7,10-11H,5-6,8-9H2,1-4H3,(H,15,19)/t10-,11-/m0/s1. The lowest BCUT2D eigenvalue weighted by molar-refractivity contribution is -0.0672. The van der Waals surface area contributed by atoms with Crippen LogP contribution in [0.3, 0.4) is 0 Å². The summed E-state index contributed by atoms with van der Waals surface area (Å²) in [5, 5.41) is 7.04. The third kappa shape index (κ3) is 3.58. The average molecular weight is 280 g/mol. The Labute approximate surface area is 120 Å². The molecule has 2 atom stereocenters. The van der Waals surface area contributed by atoms with Crippen molar-refractivity contribution < 1.29 is 9.53 Å². The summed E-state index contributed by atoms with van der Waals surface area (Å²) in [6, 6.07) is 0. The Kier molecular flexibility index (Phi) is 4.77. The summed E-state index contributed by atoms with van der Waals surface area (Å²) in [5.74, 6) is -0.0510.